The van der Waals surface area contributed by atoms with Crippen LogP contribution in [-0.2, 0) is 0 Å². The Bertz CT molecular complexity index is 625. The molecule has 0 unspecified atom stereocenters. The second kappa shape index (κ2) is 7.50. The van der Waals surface area contributed by atoms with Gasteiger partial charge >= 0.3 is 0 Å². The Hall–Kier alpha value is -2.49. The maximum absolute atomic E-state index is 12.4. The molecule has 1 N–H and O–H groups in total. The average molecular weight is 299 g/mol. The van der Waals surface area contributed by atoms with Gasteiger partial charge in [0, 0.05) is 6.54 Å². The highest BCUT2D eigenvalue weighted by molar-refractivity contribution is 5.97. The summed E-state index contributed by atoms with van der Waals surface area (Å²) in [5.74, 6) is 1.07. The molecule has 2 aromatic rings. The highest BCUT2D eigenvalue weighted by Gasteiger charge is 2.17. The zero-order chi connectivity index (χ0) is 15.9. The highest BCUT2D eigenvalue weighted by atomic mass is 16.5. The molecule has 0 aliphatic heterocycles. The second-order valence-corrected chi connectivity index (χ2v) is 5.06. The van der Waals surface area contributed by atoms with Crippen LogP contribution in [0.2, 0.25) is 0 Å². The van der Waals surface area contributed by atoms with E-state index >= 15 is 0 Å². The SMILES string of the molecule is COc1cccc(C(=O)NC[C@H](C)c2ccccc2)c1OC. The Morgan fingerprint density at radius 2 is 1.77 bits per heavy atom. The van der Waals surface area contributed by atoms with Gasteiger partial charge in [0.05, 0.1) is 19.8 Å². The number of carbonyl (C=O) groups is 1. The zero-order valence-corrected chi connectivity index (χ0v) is 13.1. The van der Waals surface area contributed by atoms with Crippen molar-refractivity contribution in [3.8, 4) is 11.5 Å². The van der Waals surface area contributed by atoms with Gasteiger partial charge in [0.25, 0.3) is 5.91 Å². The van der Waals surface area contributed by atoms with Gasteiger partial charge in [0.1, 0.15) is 0 Å². The molecule has 0 aromatic heterocycles. The number of amides is 1. The molecule has 0 saturated carbocycles. The smallest absolute Gasteiger partial charge is 0.255 e. The molecular weight excluding hydrogens is 278 g/mol. The van der Waals surface area contributed by atoms with E-state index < -0.39 is 0 Å². The van der Waals surface area contributed by atoms with E-state index in [1.54, 1.807) is 25.3 Å². The molecule has 0 heterocycles. The number of rotatable bonds is 6. The van der Waals surface area contributed by atoms with Gasteiger partial charge in [-0.15, -0.1) is 0 Å². The van der Waals surface area contributed by atoms with Crippen molar-refractivity contribution in [3.05, 3.63) is 59.7 Å². The van der Waals surface area contributed by atoms with Crippen LogP contribution in [0.25, 0.3) is 0 Å². The average Bonchev–Trinajstić information content (AvgIpc) is 2.59. The van der Waals surface area contributed by atoms with Gasteiger partial charge in [-0.3, -0.25) is 4.79 Å². The van der Waals surface area contributed by atoms with Crippen LogP contribution in [0.15, 0.2) is 48.5 Å². The van der Waals surface area contributed by atoms with E-state index in [4.69, 9.17) is 9.47 Å². The maximum Gasteiger partial charge on any atom is 0.255 e. The molecular formula is C18H21NO3. The Kier molecular flexibility index (Phi) is 5.42. The van der Waals surface area contributed by atoms with E-state index in [1.165, 1.54) is 12.7 Å². The Morgan fingerprint density at radius 1 is 1.05 bits per heavy atom. The molecule has 4 nitrogen and oxygen atoms in total. The molecule has 0 spiro atoms. The van der Waals surface area contributed by atoms with Crippen molar-refractivity contribution in [1.29, 1.82) is 0 Å². The number of hydrogen-bond donors (Lipinski definition) is 1. The highest BCUT2D eigenvalue weighted by Crippen LogP contribution is 2.30. The van der Waals surface area contributed by atoms with Crippen molar-refractivity contribution >= 4 is 5.91 Å². The van der Waals surface area contributed by atoms with Crippen LogP contribution in [0, 0.1) is 0 Å². The third kappa shape index (κ3) is 3.58. The first-order valence-electron chi connectivity index (χ1n) is 7.21. The molecule has 4 heteroatoms. The minimum absolute atomic E-state index is 0.168. The summed E-state index contributed by atoms with van der Waals surface area (Å²) in [5, 5.41) is 2.95. The Labute approximate surface area is 131 Å². The fourth-order valence-electron chi connectivity index (χ4n) is 2.31. The quantitative estimate of drug-likeness (QED) is 0.891. The number of benzene rings is 2. The lowest BCUT2D eigenvalue weighted by atomic mass is 10.0. The maximum atomic E-state index is 12.4. The molecule has 22 heavy (non-hydrogen) atoms. The van der Waals surface area contributed by atoms with E-state index in [0.29, 0.717) is 23.6 Å². The van der Waals surface area contributed by atoms with Gasteiger partial charge in [-0.2, -0.15) is 0 Å². The van der Waals surface area contributed by atoms with Crippen molar-refractivity contribution in [2.75, 3.05) is 20.8 Å². The lowest BCUT2D eigenvalue weighted by Gasteiger charge is -2.15. The topological polar surface area (TPSA) is 47.6 Å². The summed E-state index contributed by atoms with van der Waals surface area (Å²) in [7, 11) is 3.08. The molecule has 2 rings (SSSR count). The van der Waals surface area contributed by atoms with Gasteiger partial charge in [-0.25, -0.2) is 0 Å². The van der Waals surface area contributed by atoms with E-state index in [0.717, 1.165) is 0 Å². The Morgan fingerprint density at radius 3 is 2.41 bits per heavy atom. The largest absolute Gasteiger partial charge is 0.493 e. The standard InChI is InChI=1S/C18H21NO3/c1-13(14-8-5-4-6-9-14)12-19-18(20)15-10-7-11-16(21-2)17(15)22-3/h4-11,13H,12H2,1-3H3,(H,19,20)/t13-/m0/s1. The second-order valence-electron chi connectivity index (χ2n) is 5.06. The van der Waals surface area contributed by atoms with Gasteiger partial charge in [-0.1, -0.05) is 43.3 Å². The summed E-state index contributed by atoms with van der Waals surface area (Å²) >= 11 is 0. The summed E-state index contributed by atoms with van der Waals surface area (Å²) in [5.41, 5.74) is 1.67. The lowest BCUT2D eigenvalue weighted by Crippen LogP contribution is -2.28. The van der Waals surface area contributed by atoms with E-state index in [-0.39, 0.29) is 11.8 Å². The van der Waals surface area contributed by atoms with Crippen molar-refractivity contribution in [2.24, 2.45) is 0 Å². The van der Waals surface area contributed by atoms with Crippen LogP contribution >= 0.6 is 0 Å². The van der Waals surface area contributed by atoms with Gasteiger partial charge in [0.2, 0.25) is 0 Å². The third-order valence-corrected chi connectivity index (χ3v) is 3.58. The number of methoxy groups -OCH3 is 2. The first kappa shape index (κ1) is 15.9. The van der Waals surface area contributed by atoms with Gasteiger partial charge in [-0.05, 0) is 23.6 Å². The monoisotopic (exact) mass is 299 g/mol. The number of para-hydroxylation sites is 1. The number of carbonyl (C=O) groups excluding carboxylic acids is 1. The van der Waals surface area contributed by atoms with Crippen molar-refractivity contribution in [1.82, 2.24) is 5.32 Å². The van der Waals surface area contributed by atoms with Crippen molar-refractivity contribution in [2.45, 2.75) is 12.8 Å². The third-order valence-electron chi connectivity index (χ3n) is 3.58. The molecule has 116 valence electrons. The molecule has 0 aliphatic rings. The van der Waals surface area contributed by atoms with Crippen LogP contribution in [0.4, 0.5) is 0 Å². The Balaban J connectivity index is 2.07. The predicted octanol–water partition coefficient (Wildman–Crippen LogP) is 3.24. The normalized spacial score (nSPS) is 11.6. The number of ether oxygens (including phenoxy) is 2. The molecule has 2 aromatic carbocycles. The van der Waals surface area contributed by atoms with Crippen LogP contribution in [0.3, 0.4) is 0 Å². The summed E-state index contributed by atoms with van der Waals surface area (Å²) in [6.07, 6.45) is 0. The molecule has 1 amide bonds. The number of hydrogen-bond acceptors (Lipinski definition) is 3. The summed E-state index contributed by atoms with van der Waals surface area (Å²) < 4.78 is 10.5. The molecule has 0 saturated heterocycles. The van der Waals surface area contributed by atoms with Crippen LogP contribution < -0.4 is 14.8 Å². The summed E-state index contributed by atoms with van der Waals surface area (Å²) in [4.78, 5) is 12.4. The van der Waals surface area contributed by atoms with Crippen LogP contribution in [0.1, 0.15) is 28.8 Å². The first-order valence-corrected chi connectivity index (χ1v) is 7.21. The lowest BCUT2D eigenvalue weighted by molar-refractivity contribution is 0.0948. The van der Waals surface area contributed by atoms with E-state index in [9.17, 15) is 4.79 Å². The van der Waals surface area contributed by atoms with Crippen LogP contribution in [0.5, 0.6) is 11.5 Å². The fourth-order valence-corrected chi connectivity index (χ4v) is 2.31. The van der Waals surface area contributed by atoms with Gasteiger partial charge in [0.15, 0.2) is 11.5 Å². The molecule has 0 fully saturated rings. The minimum atomic E-state index is -0.168. The minimum Gasteiger partial charge on any atom is -0.493 e. The molecule has 0 radical (unpaired) electrons. The zero-order valence-electron chi connectivity index (χ0n) is 13.1. The molecule has 0 aliphatic carbocycles. The molecule has 0 bridgehead atoms. The number of nitrogens with one attached hydrogen (secondary N) is 1. The predicted molar refractivity (Wildman–Crippen MR) is 86.7 cm³/mol. The van der Waals surface area contributed by atoms with Gasteiger partial charge < -0.3 is 14.8 Å². The van der Waals surface area contributed by atoms with E-state index in [2.05, 4.69) is 24.4 Å². The van der Waals surface area contributed by atoms with Crippen molar-refractivity contribution in [3.63, 3.8) is 0 Å². The summed E-state index contributed by atoms with van der Waals surface area (Å²) in [6.45, 7) is 2.64. The van der Waals surface area contributed by atoms with Crippen molar-refractivity contribution < 1.29 is 14.3 Å². The fraction of sp³-hybridized carbons (Fsp3) is 0.278. The molecule has 1 atom stereocenters. The first-order chi connectivity index (χ1) is 10.7. The summed E-state index contributed by atoms with van der Waals surface area (Å²) in [6, 6.07) is 15.4. The van der Waals surface area contributed by atoms with Crippen LogP contribution in [-0.4, -0.2) is 26.7 Å². The van der Waals surface area contributed by atoms with E-state index in [1.807, 2.05) is 18.2 Å².